The highest BCUT2D eigenvalue weighted by Crippen LogP contribution is 2.20. The van der Waals surface area contributed by atoms with E-state index in [1.54, 1.807) is 24.3 Å². The topological polar surface area (TPSA) is 82.1 Å². The smallest absolute Gasteiger partial charge is 0.392 e. The minimum absolute atomic E-state index is 0.00964. The van der Waals surface area contributed by atoms with Gasteiger partial charge in [0, 0.05) is 0 Å². The van der Waals surface area contributed by atoms with Gasteiger partial charge in [-0.3, -0.25) is 4.55 Å². The molecule has 0 aliphatic heterocycles. The highest BCUT2D eigenvalue weighted by molar-refractivity contribution is 7.86. The molecule has 0 aliphatic carbocycles. The fourth-order valence-corrected chi connectivity index (χ4v) is 1.48. The summed E-state index contributed by atoms with van der Waals surface area (Å²) >= 11 is 0. The molecule has 0 radical (unpaired) electrons. The second-order valence-electron chi connectivity index (χ2n) is 4.28. The highest BCUT2D eigenvalue weighted by Gasteiger charge is 2.44. The van der Waals surface area contributed by atoms with Crippen molar-refractivity contribution >= 4 is 10.1 Å². The number of alkyl halides is 2. The normalized spacial score (nSPS) is 12.1. The highest BCUT2D eigenvalue weighted by atomic mass is 32.2. The quantitative estimate of drug-likeness (QED) is 0.304. The van der Waals surface area contributed by atoms with E-state index in [-0.39, 0.29) is 20.0 Å². The number of halogens is 2. The second kappa shape index (κ2) is 8.18. The average molecular weight is 338 g/mol. The van der Waals surface area contributed by atoms with E-state index in [0.717, 1.165) is 0 Å². The number of para-hydroxylation sites is 1. The summed E-state index contributed by atoms with van der Waals surface area (Å²) in [5.74, 6) is 0.608. The molecule has 0 atom stereocenters. The molecule has 1 aromatic carbocycles. The van der Waals surface area contributed by atoms with E-state index in [9.17, 15) is 17.2 Å². The summed E-state index contributed by atoms with van der Waals surface area (Å²) in [6, 6.07) is 8.88. The maximum absolute atomic E-state index is 12.8. The van der Waals surface area contributed by atoms with Gasteiger partial charge in [0.05, 0.1) is 13.2 Å². The summed E-state index contributed by atoms with van der Waals surface area (Å²) in [6.45, 7) is 1.64. The van der Waals surface area contributed by atoms with Gasteiger partial charge in [0.25, 0.3) is 0 Å². The lowest BCUT2D eigenvalue weighted by Crippen LogP contribution is -2.33. The molecule has 0 aliphatic rings. The molecule has 0 fully saturated rings. The second-order valence-corrected chi connectivity index (χ2v) is 5.83. The summed E-state index contributed by atoms with van der Waals surface area (Å²) in [6.07, 6.45) is 0. The van der Waals surface area contributed by atoms with Crippen LogP contribution in [-0.4, -0.2) is 44.8 Å². The molecule has 22 heavy (non-hydrogen) atoms. The van der Waals surface area contributed by atoms with Gasteiger partial charge in [-0.05, 0) is 17.7 Å². The van der Waals surface area contributed by atoms with Gasteiger partial charge < -0.3 is 14.2 Å². The van der Waals surface area contributed by atoms with Crippen LogP contribution in [0.1, 0.15) is 0 Å². The van der Waals surface area contributed by atoms with Crippen LogP contribution in [-0.2, 0) is 19.6 Å². The van der Waals surface area contributed by atoms with Crippen LogP contribution in [0.2, 0.25) is 0 Å². The summed E-state index contributed by atoms with van der Waals surface area (Å²) in [5, 5.41) is -4.36. The molecule has 0 aromatic heterocycles. The molecule has 0 unspecified atom stereocenters. The van der Waals surface area contributed by atoms with Gasteiger partial charge in [0.15, 0.2) is 6.79 Å². The molecule has 9 heteroatoms. The molecule has 0 spiro atoms. The lowest BCUT2D eigenvalue weighted by atomic mass is 10.3. The first-order chi connectivity index (χ1) is 10.2. The third-order valence-corrected chi connectivity index (χ3v) is 3.18. The molecule has 124 valence electrons. The molecule has 0 saturated heterocycles. The van der Waals surface area contributed by atoms with E-state index < -0.39 is 22.0 Å². The minimum Gasteiger partial charge on any atom is -0.468 e. The van der Waals surface area contributed by atoms with E-state index >= 15 is 0 Å². The fraction of sp³-hybridized carbons (Fsp3) is 0.385. The van der Waals surface area contributed by atoms with Gasteiger partial charge in [-0.1, -0.05) is 24.8 Å². The van der Waals surface area contributed by atoms with E-state index in [1.807, 2.05) is 6.07 Å². The van der Waals surface area contributed by atoms with Crippen LogP contribution in [0.5, 0.6) is 5.75 Å². The van der Waals surface area contributed by atoms with Gasteiger partial charge >= 0.3 is 15.4 Å². The van der Waals surface area contributed by atoms with Crippen molar-refractivity contribution in [3.63, 3.8) is 0 Å². The van der Waals surface area contributed by atoms with E-state index in [0.29, 0.717) is 11.3 Å². The van der Waals surface area contributed by atoms with Crippen molar-refractivity contribution in [3.8, 4) is 5.75 Å². The van der Waals surface area contributed by atoms with Crippen LogP contribution in [0.3, 0.4) is 0 Å². The van der Waals surface area contributed by atoms with Crippen molar-refractivity contribution in [1.82, 2.24) is 0 Å². The monoisotopic (exact) mass is 338 g/mol. The van der Waals surface area contributed by atoms with E-state index in [1.165, 1.54) is 0 Å². The van der Waals surface area contributed by atoms with E-state index in [4.69, 9.17) is 14.0 Å². The molecule has 0 bridgehead atoms. The van der Waals surface area contributed by atoms with Crippen molar-refractivity contribution in [1.29, 1.82) is 0 Å². The van der Waals surface area contributed by atoms with Crippen LogP contribution in [0, 0.1) is 0 Å². The lowest BCUT2D eigenvalue weighted by Gasteiger charge is -2.14. The van der Waals surface area contributed by atoms with Gasteiger partial charge in [-0.2, -0.15) is 17.2 Å². The largest absolute Gasteiger partial charge is 0.468 e. The van der Waals surface area contributed by atoms with Crippen LogP contribution in [0.25, 0.3) is 0 Å². The Morgan fingerprint density at radius 1 is 1.18 bits per heavy atom. The number of ether oxygens (including phenoxy) is 3. The summed E-state index contributed by atoms with van der Waals surface area (Å²) in [4.78, 5) is 0. The first-order valence-electron chi connectivity index (χ1n) is 6.07. The molecule has 1 N–H and O–H groups in total. The van der Waals surface area contributed by atoms with E-state index in [2.05, 4.69) is 11.3 Å². The predicted molar refractivity (Wildman–Crippen MR) is 74.3 cm³/mol. The Morgan fingerprint density at radius 3 is 2.36 bits per heavy atom. The van der Waals surface area contributed by atoms with Gasteiger partial charge in [-0.15, -0.1) is 0 Å². The van der Waals surface area contributed by atoms with Gasteiger partial charge in [0.1, 0.15) is 12.4 Å². The van der Waals surface area contributed by atoms with Crippen LogP contribution < -0.4 is 4.74 Å². The van der Waals surface area contributed by atoms with Crippen molar-refractivity contribution in [2.24, 2.45) is 0 Å². The minimum atomic E-state index is -5.49. The van der Waals surface area contributed by atoms with Crippen LogP contribution in [0.4, 0.5) is 8.78 Å². The van der Waals surface area contributed by atoms with Crippen molar-refractivity contribution in [2.45, 2.75) is 5.25 Å². The van der Waals surface area contributed by atoms with Crippen molar-refractivity contribution in [2.75, 3.05) is 26.6 Å². The zero-order valence-electron chi connectivity index (χ0n) is 11.6. The fourth-order valence-electron chi connectivity index (χ4n) is 1.24. The molecule has 0 heterocycles. The predicted octanol–water partition coefficient (Wildman–Crippen LogP) is 2.09. The summed E-state index contributed by atoms with van der Waals surface area (Å²) in [5.41, 5.74) is 0.308. The standard InChI is InChI=1S/C13H16F2O6S/c1-11(7-19-9-13(14,15)22(16,17)18)8-20-10-21-12-5-3-2-4-6-12/h2-6H,1,7-10H2,(H,16,17,18). The van der Waals surface area contributed by atoms with Gasteiger partial charge in [0.2, 0.25) is 0 Å². The first kappa shape index (κ1) is 18.5. The number of benzene rings is 1. The van der Waals surface area contributed by atoms with Crippen molar-refractivity contribution in [3.05, 3.63) is 42.5 Å². The summed E-state index contributed by atoms with van der Waals surface area (Å²) < 4.78 is 69.4. The Bertz CT molecular complexity index is 573. The molecular formula is C13H16F2O6S. The maximum atomic E-state index is 12.8. The number of hydrogen-bond donors (Lipinski definition) is 1. The molecule has 1 rings (SSSR count). The Hall–Kier alpha value is -1.55. The number of rotatable bonds is 10. The van der Waals surface area contributed by atoms with Gasteiger partial charge in [-0.25, -0.2) is 0 Å². The summed E-state index contributed by atoms with van der Waals surface area (Å²) in [7, 11) is -5.49. The zero-order valence-corrected chi connectivity index (χ0v) is 12.4. The molecular weight excluding hydrogens is 322 g/mol. The lowest BCUT2D eigenvalue weighted by molar-refractivity contribution is -0.0197. The van der Waals surface area contributed by atoms with Crippen molar-refractivity contribution < 1.29 is 36.0 Å². The Morgan fingerprint density at radius 2 is 1.77 bits per heavy atom. The third-order valence-electron chi connectivity index (χ3n) is 2.31. The number of hydrogen-bond acceptors (Lipinski definition) is 5. The first-order valence-corrected chi connectivity index (χ1v) is 7.51. The van der Waals surface area contributed by atoms with Crippen LogP contribution >= 0.6 is 0 Å². The Kier molecular flexibility index (Phi) is 6.88. The molecule has 0 amide bonds. The average Bonchev–Trinajstić information content (AvgIpc) is 2.43. The third kappa shape index (κ3) is 6.48. The Balaban J connectivity index is 2.17. The molecule has 0 saturated carbocycles. The van der Waals surface area contributed by atoms with Crippen LogP contribution in [0.15, 0.2) is 42.5 Å². The zero-order chi connectivity index (χ0) is 16.6. The molecule has 1 aromatic rings. The molecule has 6 nitrogen and oxygen atoms in total. The Labute approximate surface area is 127 Å². The maximum Gasteiger partial charge on any atom is 0.392 e. The SMILES string of the molecule is C=C(COCOc1ccccc1)COCC(F)(F)S(=O)(=O)O.